The van der Waals surface area contributed by atoms with Crippen molar-refractivity contribution in [2.45, 2.75) is 6.42 Å². The van der Waals surface area contributed by atoms with E-state index in [2.05, 4.69) is 16.8 Å². The molecule has 2 amide bonds. The monoisotopic (exact) mass is 289 g/mol. The van der Waals surface area contributed by atoms with Crippen molar-refractivity contribution in [3.8, 4) is 11.8 Å². The Morgan fingerprint density at radius 2 is 2.00 bits per heavy atom. The number of carbonyl (C=O) groups excluding carboxylic acids is 2. The third-order valence-corrected chi connectivity index (χ3v) is 2.67. The van der Waals surface area contributed by atoms with Gasteiger partial charge in [-0.05, 0) is 6.07 Å². The molecule has 0 aromatic carbocycles. The van der Waals surface area contributed by atoms with Gasteiger partial charge in [-0.1, -0.05) is 11.8 Å². The highest BCUT2D eigenvalue weighted by atomic mass is 16.2. The number of carbonyl (C=O) groups is 2. The third-order valence-electron chi connectivity index (χ3n) is 2.67. The minimum Gasteiger partial charge on any atom is -0.395 e. The summed E-state index contributed by atoms with van der Waals surface area (Å²) in [6.07, 6.45) is 3.36. The lowest BCUT2D eigenvalue weighted by molar-refractivity contribution is -0.129. The normalized spacial score (nSPS) is 9.52. The fourth-order valence-corrected chi connectivity index (χ4v) is 1.48. The second kappa shape index (κ2) is 8.02. The predicted octanol–water partition coefficient (Wildman–Crippen LogP) is -0.0243. The Hall–Kier alpha value is -2.39. The maximum absolute atomic E-state index is 12.2. The number of aliphatic hydroxyl groups excluding tert-OH is 1. The Morgan fingerprint density at radius 1 is 1.29 bits per heavy atom. The third kappa shape index (κ3) is 5.24. The van der Waals surface area contributed by atoms with E-state index in [0.717, 1.165) is 0 Å². The van der Waals surface area contributed by atoms with Crippen LogP contribution in [-0.4, -0.2) is 66.0 Å². The van der Waals surface area contributed by atoms with Crippen molar-refractivity contribution in [1.82, 2.24) is 14.8 Å². The molecule has 1 N–H and O–H groups in total. The molecule has 0 aliphatic heterocycles. The minimum atomic E-state index is -0.288. The quantitative estimate of drug-likeness (QED) is 0.790. The Bertz CT molecular complexity index is 573. The van der Waals surface area contributed by atoms with Gasteiger partial charge in [0, 0.05) is 45.5 Å². The molecule has 0 radical (unpaired) electrons. The Morgan fingerprint density at radius 3 is 2.62 bits per heavy atom. The zero-order valence-corrected chi connectivity index (χ0v) is 12.5. The second-order valence-electron chi connectivity index (χ2n) is 4.69. The first-order valence-corrected chi connectivity index (χ1v) is 6.46. The topological polar surface area (TPSA) is 73.7 Å². The van der Waals surface area contributed by atoms with Gasteiger partial charge in [-0.2, -0.15) is 0 Å². The molecule has 0 saturated carbocycles. The van der Waals surface area contributed by atoms with E-state index in [-0.39, 0.29) is 25.0 Å². The molecule has 0 saturated heterocycles. The Labute approximate surface area is 124 Å². The van der Waals surface area contributed by atoms with E-state index < -0.39 is 0 Å². The number of nitrogens with zero attached hydrogens (tertiary/aromatic N) is 3. The molecule has 112 valence electrons. The van der Waals surface area contributed by atoms with E-state index in [4.69, 9.17) is 5.11 Å². The first kappa shape index (κ1) is 16.7. The van der Waals surface area contributed by atoms with Gasteiger partial charge in [-0.15, -0.1) is 0 Å². The van der Waals surface area contributed by atoms with Gasteiger partial charge in [0.15, 0.2) is 0 Å². The molecule has 0 spiro atoms. The summed E-state index contributed by atoms with van der Waals surface area (Å²) in [4.78, 5) is 30.6. The lowest BCUT2D eigenvalue weighted by Crippen LogP contribution is -2.37. The standard InChI is InChI=1S/C15H19N3O3/c1-17(2)14(20)11-18(3)15(21)13-8-12(9-16-10-13)6-4-5-7-19/h8-10,19H,5,7,11H2,1-3H3. The van der Waals surface area contributed by atoms with Crippen LogP contribution in [0.2, 0.25) is 0 Å². The van der Waals surface area contributed by atoms with E-state index >= 15 is 0 Å². The highest BCUT2D eigenvalue weighted by Crippen LogP contribution is 2.05. The lowest BCUT2D eigenvalue weighted by atomic mass is 10.2. The molecule has 1 aromatic heterocycles. The average Bonchev–Trinajstić information content (AvgIpc) is 2.46. The smallest absolute Gasteiger partial charge is 0.255 e. The SMILES string of the molecule is CN(C)C(=O)CN(C)C(=O)c1cncc(C#CCCO)c1. The highest BCUT2D eigenvalue weighted by molar-refractivity contribution is 5.96. The van der Waals surface area contributed by atoms with Crippen LogP contribution >= 0.6 is 0 Å². The summed E-state index contributed by atoms with van der Waals surface area (Å²) in [6.45, 7) is 0.000681. The minimum absolute atomic E-state index is 0.00552. The molecular formula is C15H19N3O3. The summed E-state index contributed by atoms with van der Waals surface area (Å²) in [5, 5.41) is 8.67. The summed E-state index contributed by atoms with van der Waals surface area (Å²) in [7, 11) is 4.84. The maximum Gasteiger partial charge on any atom is 0.255 e. The summed E-state index contributed by atoms with van der Waals surface area (Å²) >= 11 is 0. The van der Waals surface area contributed by atoms with Crippen LogP contribution in [0.3, 0.4) is 0 Å². The van der Waals surface area contributed by atoms with Gasteiger partial charge in [0.2, 0.25) is 5.91 Å². The van der Waals surface area contributed by atoms with Crippen LogP contribution in [0.4, 0.5) is 0 Å². The van der Waals surface area contributed by atoms with Crippen molar-refractivity contribution >= 4 is 11.8 Å². The number of aromatic nitrogens is 1. The summed E-state index contributed by atoms with van der Waals surface area (Å²) in [5.41, 5.74) is 0.974. The molecule has 0 fully saturated rings. The number of hydrogen-bond donors (Lipinski definition) is 1. The van der Waals surface area contributed by atoms with Gasteiger partial charge in [0.1, 0.15) is 0 Å². The van der Waals surface area contributed by atoms with Crippen LogP contribution in [0, 0.1) is 11.8 Å². The van der Waals surface area contributed by atoms with Gasteiger partial charge in [-0.3, -0.25) is 14.6 Å². The largest absolute Gasteiger partial charge is 0.395 e. The maximum atomic E-state index is 12.2. The molecule has 1 rings (SSSR count). The van der Waals surface area contributed by atoms with Crippen molar-refractivity contribution in [2.75, 3.05) is 34.3 Å². The molecule has 0 aliphatic rings. The zero-order chi connectivity index (χ0) is 15.8. The molecule has 0 unspecified atom stereocenters. The number of aliphatic hydroxyl groups is 1. The van der Waals surface area contributed by atoms with Crippen molar-refractivity contribution in [1.29, 1.82) is 0 Å². The van der Waals surface area contributed by atoms with Crippen LogP contribution in [0.1, 0.15) is 22.3 Å². The molecular weight excluding hydrogens is 270 g/mol. The van der Waals surface area contributed by atoms with Crippen molar-refractivity contribution in [3.05, 3.63) is 29.6 Å². The van der Waals surface area contributed by atoms with Gasteiger partial charge < -0.3 is 14.9 Å². The van der Waals surface area contributed by atoms with Gasteiger partial charge in [-0.25, -0.2) is 0 Å². The first-order chi connectivity index (χ1) is 9.95. The van der Waals surface area contributed by atoms with E-state index in [9.17, 15) is 9.59 Å². The molecule has 21 heavy (non-hydrogen) atoms. The summed E-state index contributed by atoms with van der Waals surface area (Å²) in [6, 6.07) is 1.62. The van der Waals surface area contributed by atoms with Crippen LogP contribution in [-0.2, 0) is 4.79 Å². The van der Waals surface area contributed by atoms with Gasteiger partial charge in [0.25, 0.3) is 5.91 Å². The van der Waals surface area contributed by atoms with Crippen LogP contribution < -0.4 is 0 Å². The van der Waals surface area contributed by atoms with Gasteiger partial charge >= 0.3 is 0 Å². The summed E-state index contributed by atoms with van der Waals surface area (Å²) < 4.78 is 0. The number of likely N-dealkylation sites (N-methyl/N-ethyl adjacent to an activating group) is 2. The molecule has 0 aliphatic carbocycles. The molecule has 6 nitrogen and oxygen atoms in total. The van der Waals surface area contributed by atoms with E-state index in [1.807, 2.05) is 0 Å². The molecule has 1 aromatic rings. The molecule has 0 bridgehead atoms. The van der Waals surface area contributed by atoms with E-state index in [1.165, 1.54) is 16.0 Å². The second-order valence-corrected chi connectivity index (χ2v) is 4.69. The highest BCUT2D eigenvalue weighted by Gasteiger charge is 2.16. The number of pyridine rings is 1. The zero-order valence-electron chi connectivity index (χ0n) is 12.5. The van der Waals surface area contributed by atoms with E-state index in [0.29, 0.717) is 17.5 Å². The number of hydrogen-bond acceptors (Lipinski definition) is 4. The summed E-state index contributed by atoms with van der Waals surface area (Å²) in [5.74, 6) is 5.15. The lowest BCUT2D eigenvalue weighted by Gasteiger charge is -2.19. The van der Waals surface area contributed by atoms with Gasteiger partial charge in [0.05, 0.1) is 18.7 Å². The van der Waals surface area contributed by atoms with Crippen LogP contribution in [0.25, 0.3) is 0 Å². The predicted molar refractivity (Wildman–Crippen MR) is 78.5 cm³/mol. The number of rotatable bonds is 4. The fourth-order valence-electron chi connectivity index (χ4n) is 1.48. The first-order valence-electron chi connectivity index (χ1n) is 6.46. The van der Waals surface area contributed by atoms with E-state index in [1.54, 1.807) is 33.4 Å². The van der Waals surface area contributed by atoms with Crippen molar-refractivity contribution in [3.63, 3.8) is 0 Å². The van der Waals surface area contributed by atoms with Crippen molar-refractivity contribution in [2.24, 2.45) is 0 Å². The molecule has 0 atom stereocenters. The average molecular weight is 289 g/mol. The van der Waals surface area contributed by atoms with Crippen LogP contribution in [0.5, 0.6) is 0 Å². The molecule has 6 heteroatoms. The van der Waals surface area contributed by atoms with Crippen molar-refractivity contribution < 1.29 is 14.7 Å². The van der Waals surface area contributed by atoms with Crippen LogP contribution in [0.15, 0.2) is 18.5 Å². The fraction of sp³-hybridized carbons (Fsp3) is 0.400. The Kier molecular flexibility index (Phi) is 6.37. The molecule has 1 heterocycles. The number of amides is 2. The Balaban J connectivity index is 2.81.